The lowest BCUT2D eigenvalue weighted by Gasteiger charge is -2.38. The number of nitrogens with one attached hydrogen (secondary N) is 1. The molecule has 7 nitrogen and oxygen atoms in total. The number of anilines is 1. The van der Waals surface area contributed by atoms with Gasteiger partial charge in [-0.2, -0.15) is 0 Å². The van der Waals surface area contributed by atoms with E-state index in [1.165, 1.54) is 0 Å². The van der Waals surface area contributed by atoms with Crippen molar-refractivity contribution < 1.29 is 14.3 Å². The third-order valence-corrected chi connectivity index (χ3v) is 3.91. The Morgan fingerprint density at radius 1 is 1.23 bits per heavy atom. The molecule has 1 fully saturated rings. The Kier molecular flexibility index (Phi) is 5.21. The van der Waals surface area contributed by atoms with E-state index in [0.29, 0.717) is 0 Å². The molecule has 2 rings (SSSR count). The fraction of sp³-hybridized carbons (Fsp3) is 0.467. The molecule has 0 saturated carbocycles. The van der Waals surface area contributed by atoms with E-state index in [1.807, 2.05) is 29.2 Å². The van der Waals surface area contributed by atoms with Crippen LogP contribution in [0.5, 0.6) is 5.75 Å². The molecule has 0 bridgehead atoms. The van der Waals surface area contributed by atoms with Crippen molar-refractivity contribution in [2.75, 3.05) is 38.2 Å². The van der Waals surface area contributed by atoms with E-state index in [4.69, 9.17) is 10.5 Å². The summed E-state index contributed by atoms with van der Waals surface area (Å²) in [6.07, 6.45) is 0. The summed E-state index contributed by atoms with van der Waals surface area (Å²) in [5, 5.41) is 2.13. The molecular formula is C15H22N4O3. The SMILES string of the molecule is COc1ccccc1N1CCN(C(C)C(=O)NC(N)=O)CC1. The largest absolute Gasteiger partial charge is 0.495 e. The average Bonchev–Trinajstić information content (AvgIpc) is 2.53. The van der Waals surface area contributed by atoms with Crippen molar-refractivity contribution >= 4 is 17.6 Å². The van der Waals surface area contributed by atoms with Crippen LogP contribution in [0.1, 0.15) is 6.92 Å². The van der Waals surface area contributed by atoms with Crippen molar-refractivity contribution in [3.63, 3.8) is 0 Å². The van der Waals surface area contributed by atoms with Crippen LogP contribution in [-0.2, 0) is 4.79 Å². The molecule has 1 unspecified atom stereocenters. The van der Waals surface area contributed by atoms with Gasteiger partial charge in [-0.05, 0) is 19.1 Å². The maximum Gasteiger partial charge on any atom is 0.318 e. The second kappa shape index (κ2) is 7.13. The van der Waals surface area contributed by atoms with Crippen molar-refractivity contribution in [2.24, 2.45) is 5.73 Å². The van der Waals surface area contributed by atoms with Gasteiger partial charge in [-0.3, -0.25) is 15.0 Å². The third-order valence-electron chi connectivity index (χ3n) is 3.91. The average molecular weight is 306 g/mol. The number of carbonyl (C=O) groups is 2. The first-order chi connectivity index (χ1) is 10.5. The van der Waals surface area contributed by atoms with E-state index in [-0.39, 0.29) is 11.9 Å². The molecule has 0 aliphatic carbocycles. The maximum absolute atomic E-state index is 11.8. The number of hydrogen-bond donors (Lipinski definition) is 2. The lowest BCUT2D eigenvalue weighted by atomic mass is 10.2. The summed E-state index contributed by atoms with van der Waals surface area (Å²) < 4.78 is 5.38. The minimum atomic E-state index is -0.815. The molecule has 1 saturated heterocycles. The zero-order valence-corrected chi connectivity index (χ0v) is 12.9. The van der Waals surface area contributed by atoms with Crippen LogP contribution in [0.3, 0.4) is 0 Å². The van der Waals surface area contributed by atoms with E-state index in [1.54, 1.807) is 14.0 Å². The van der Waals surface area contributed by atoms with Gasteiger partial charge in [0.1, 0.15) is 5.75 Å². The number of urea groups is 1. The minimum absolute atomic E-state index is 0.363. The highest BCUT2D eigenvalue weighted by molar-refractivity contribution is 5.96. The van der Waals surface area contributed by atoms with Gasteiger partial charge in [0.15, 0.2) is 0 Å². The second-order valence-electron chi connectivity index (χ2n) is 5.22. The normalized spacial score (nSPS) is 16.9. The predicted octanol–water partition coefficient (Wildman–Crippen LogP) is 0.401. The van der Waals surface area contributed by atoms with E-state index >= 15 is 0 Å². The van der Waals surface area contributed by atoms with E-state index in [2.05, 4.69) is 10.2 Å². The summed E-state index contributed by atoms with van der Waals surface area (Å²) in [7, 11) is 1.66. The lowest BCUT2D eigenvalue weighted by Crippen LogP contribution is -2.55. The Morgan fingerprint density at radius 3 is 2.45 bits per heavy atom. The molecule has 1 aliphatic heterocycles. The van der Waals surface area contributed by atoms with Gasteiger partial charge < -0.3 is 15.4 Å². The molecule has 1 aliphatic rings. The van der Waals surface area contributed by atoms with E-state index in [0.717, 1.165) is 37.6 Å². The molecule has 3 N–H and O–H groups in total. The quantitative estimate of drug-likeness (QED) is 0.841. The van der Waals surface area contributed by atoms with Crippen molar-refractivity contribution in [1.29, 1.82) is 0 Å². The van der Waals surface area contributed by atoms with Gasteiger partial charge in [-0.1, -0.05) is 12.1 Å². The number of methoxy groups -OCH3 is 1. The van der Waals surface area contributed by atoms with Crippen LogP contribution in [0.2, 0.25) is 0 Å². The summed E-state index contributed by atoms with van der Waals surface area (Å²) in [5.41, 5.74) is 6.03. The molecule has 0 aromatic heterocycles. The van der Waals surface area contributed by atoms with Gasteiger partial charge in [-0.25, -0.2) is 4.79 Å². The van der Waals surface area contributed by atoms with Crippen molar-refractivity contribution in [1.82, 2.24) is 10.2 Å². The zero-order valence-electron chi connectivity index (χ0n) is 12.9. The first kappa shape index (κ1) is 16.1. The molecule has 1 aromatic carbocycles. The third kappa shape index (κ3) is 3.67. The summed E-state index contributed by atoms with van der Waals surface area (Å²) in [6, 6.07) is 6.68. The van der Waals surface area contributed by atoms with Gasteiger partial charge in [0, 0.05) is 26.2 Å². The maximum atomic E-state index is 11.8. The van der Waals surface area contributed by atoms with Gasteiger partial charge in [0.05, 0.1) is 18.8 Å². The number of piperazine rings is 1. The fourth-order valence-electron chi connectivity index (χ4n) is 2.63. The standard InChI is InChI=1S/C15H22N4O3/c1-11(14(20)17-15(16)21)18-7-9-19(10-8-18)12-5-3-4-6-13(12)22-2/h3-6,11H,7-10H2,1-2H3,(H3,16,17,20,21). The number of hydrogen-bond acceptors (Lipinski definition) is 5. The van der Waals surface area contributed by atoms with Crippen LogP contribution in [0.4, 0.5) is 10.5 Å². The fourth-order valence-corrected chi connectivity index (χ4v) is 2.63. The van der Waals surface area contributed by atoms with Crippen LogP contribution in [0.25, 0.3) is 0 Å². The number of ether oxygens (including phenoxy) is 1. The van der Waals surface area contributed by atoms with E-state index in [9.17, 15) is 9.59 Å². The highest BCUT2D eigenvalue weighted by atomic mass is 16.5. The van der Waals surface area contributed by atoms with Crippen molar-refractivity contribution in [2.45, 2.75) is 13.0 Å². The molecule has 120 valence electrons. The van der Waals surface area contributed by atoms with Gasteiger partial charge in [-0.15, -0.1) is 0 Å². The summed E-state index contributed by atoms with van der Waals surface area (Å²) in [5.74, 6) is 0.480. The van der Waals surface area contributed by atoms with Crippen LogP contribution in [0.15, 0.2) is 24.3 Å². The molecule has 3 amide bonds. The second-order valence-corrected chi connectivity index (χ2v) is 5.22. The molecule has 0 spiro atoms. The van der Waals surface area contributed by atoms with Crippen LogP contribution in [-0.4, -0.2) is 56.2 Å². The number of para-hydroxylation sites is 2. The highest BCUT2D eigenvalue weighted by Crippen LogP contribution is 2.28. The first-order valence-corrected chi connectivity index (χ1v) is 7.25. The molecule has 1 aromatic rings. The number of amides is 3. The number of carbonyl (C=O) groups excluding carboxylic acids is 2. The molecule has 0 radical (unpaired) electrons. The number of primary amides is 1. The number of benzene rings is 1. The highest BCUT2D eigenvalue weighted by Gasteiger charge is 2.27. The summed E-state index contributed by atoms with van der Waals surface area (Å²) >= 11 is 0. The van der Waals surface area contributed by atoms with Gasteiger partial charge in [0.2, 0.25) is 5.91 Å². The lowest BCUT2D eigenvalue weighted by molar-refractivity contribution is -0.124. The first-order valence-electron chi connectivity index (χ1n) is 7.25. The monoisotopic (exact) mass is 306 g/mol. The van der Waals surface area contributed by atoms with Crippen LogP contribution in [0, 0.1) is 0 Å². The van der Waals surface area contributed by atoms with Gasteiger partial charge in [0.25, 0.3) is 0 Å². The molecule has 1 atom stereocenters. The van der Waals surface area contributed by atoms with Crippen LogP contribution < -0.4 is 20.7 Å². The Labute approximate surface area is 130 Å². The zero-order chi connectivity index (χ0) is 16.1. The molecule has 7 heteroatoms. The Hall–Kier alpha value is -2.28. The topological polar surface area (TPSA) is 87.9 Å². The molecule has 22 heavy (non-hydrogen) atoms. The Balaban J connectivity index is 1.95. The van der Waals surface area contributed by atoms with E-state index < -0.39 is 6.03 Å². The predicted molar refractivity (Wildman–Crippen MR) is 84.0 cm³/mol. The summed E-state index contributed by atoms with van der Waals surface area (Å²) in [6.45, 7) is 4.80. The van der Waals surface area contributed by atoms with Crippen molar-refractivity contribution in [3.05, 3.63) is 24.3 Å². The minimum Gasteiger partial charge on any atom is -0.495 e. The molecule has 1 heterocycles. The van der Waals surface area contributed by atoms with Crippen LogP contribution >= 0.6 is 0 Å². The number of nitrogens with two attached hydrogens (primary N) is 1. The number of rotatable bonds is 4. The number of imide groups is 1. The van der Waals surface area contributed by atoms with Crippen molar-refractivity contribution in [3.8, 4) is 5.75 Å². The Morgan fingerprint density at radius 2 is 1.86 bits per heavy atom. The summed E-state index contributed by atoms with van der Waals surface area (Å²) in [4.78, 5) is 26.8. The smallest absolute Gasteiger partial charge is 0.318 e. The Bertz CT molecular complexity index is 541. The number of nitrogens with zero attached hydrogens (tertiary/aromatic N) is 2. The van der Waals surface area contributed by atoms with Gasteiger partial charge >= 0.3 is 6.03 Å². The molecular weight excluding hydrogens is 284 g/mol.